The molecular formula is C13H25NO. The van der Waals surface area contributed by atoms with E-state index in [2.05, 4.69) is 19.2 Å². The molecule has 1 fully saturated rings. The molecule has 2 nitrogen and oxygen atoms in total. The van der Waals surface area contributed by atoms with Crippen molar-refractivity contribution in [2.75, 3.05) is 6.54 Å². The van der Waals surface area contributed by atoms with Crippen molar-refractivity contribution < 1.29 is 4.79 Å². The fraction of sp³-hybridized carbons (Fsp3) is 0.923. The molecular weight excluding hydrogens is 186 g/mol. The molecule has 0 spiro atoms. The summed E-state index contributed by atoms with van der Waals surface area (Å²) < 4.78 is 0. The first kappa shape index (κ1) is 12.5. The third-order valence-corrected chi connectivity index (χ3v) is 3.80. The molecule has 1 aliphatic rings. The number of unbranched alkanes of at least 4 members (excludes halogenated alkanes) is 1. The van der Waals surface area contributed by atoms with Crippen molar-refractivity contribution in [2.45, 2.75) is 58.8 Å². The topological polar surface area (TPSA) is 29.1 Å². The van der Waals surface area contributed by atoms with Crippen LogP contribution in [0, 0.1) is 11.3 Å². The highest BCUT2D eigenvalue weighted by Crippen LogP contribution is 2.42. The van der Waals surface area contributed by atoms with Gasteiger partial charge in [0.1, 0.15) is 0 Å². The summed E-state index contributed by atoms with van der Waals surface area (Å²) in [6.07, 6.45) is 10.2. The van der Waals surface area contributed by atoms with E-state index in [-0.39, 0.29) is 0 Å². The average Bonchev–Trinajstić information content (AvgIpc) is 2.24. The van der Waals surface area contributed by atoms with E-state index in [4.69, 9.17) is 0 Å². The summed E-state index contributed by atoms with van der Waals surface area (Å²) in [5, 5.41) is 2.83. The molecule has 0 bridgehead atoms. The Kier molecular flexibility index (Phi) is 5.13. The van der Waals surface area contributed by atoms with Gasteiger partial charge in [0.05, 0.1) is 0 Å². The summed E-state index contributed by atoms with van der Waals surface area (Å²) >= 11 is 0. The van der Waals surface area contributed by atoms with Gasteiger partial charge in [0.25, 0.3) is 0 Å². The number of amides is 1. The number of carbonyl (C=O) groups is 1. The quantitative estimate of drug-likeness (QED) is 0.672. The number of carbonyl (C=O) groups excluding carboxylic acids is 1. The Balaban J connectivity index is 2.35. The molecule has 88 valence electrons. The first-order valence-corrected chi connectivity index (χ1v) is 6.37. The molecule has 0 aromatic rings. The molecule has 15 heavy (non-hydrogen) atoms. The molecule has 0 aromatic carbocycles. The van der Waals surface area contributed by atoms with E-state index in [1.54, 1.807) is 0 Å². The molecule has 2 atom stereocenters. The van der Waals surface area contributed by atoms with Gasteiger partial charge in [-0.3, -0.25) is 4.79 Å². The Morgan fingerprint density at radius 3 is 3.00 bits per heavy atom. The van der Waals surface area contributed by atoms with Crippen molar-refractivity contribution in [3.63, 3.8) is 0 Å². The van der Waals surface area contributed by atoms with Crippen LogP contribution in [0.5, 0.6) is 0 Å². The van der Waals surface area contributed by atoms with Gasteiger partial charge in [0, 0.05) is 6.54 Å². The van der Waals surface area contributed by atoms with Crippen LogP contribution in [-0.4, -0.2) is 13.0 Å². The number of hydrogen-bond acceptors (Lipinski definition) is 1. The first-order valence-electron chi connectivity index (χ1n) is 6.37. The molecule has 1 amide bonds. The lowest BCUT2D eigenvalue weighted by Crippen LogP contribution is -2.31. The van der Waals surface area contributed by atoms with Gasteiger partial charge < -0.3 is 5.32 Å². The summed E-state index contributed by atoms with van der Waals surface area (Å²) in [6.45, 7) is 5.57. The number of rotatable bonds is 6. The van der Waals surface area contributed by atoms with Gasteiger partial charge in [-0.15, -0.1) is 0 Å². The molecule has 1 unspecified atom stereocenters. The average molecular weight is 211 g/mol. The van der Waals surface area contributed by atoms with Gasteiger partial charge in [-0.25, -0.2) is 0 Å². The molecule has 0 aromatic heterocycles. The third-order valence-electron chi connectivity index (χ3n) is 3.80. The molecule has 0 heterocycles. The predicted molar refractivity (Wildman–Crippen MR) is 63.7 cm³/mol. The van der Waals surface area contributed by atoms with Crippen molar-refractivity contribution in [2.24, 2.45) is 11.3 Å². The zero-order valence-corrected chi connectivity index (χ0v) is 10.2. The highest BCUT2D eigenvalue weighted by Gasteiger charge is 2.31. The number of hydrogen-bond donors (Lipinski definition) is 1. The number of nitrogens with one attached hydrogen (secondary N) is 1. The van der Waals surface area contributed by atoms with Crippen molar-refractivity contribution in [3.8, 4) is 0 Å². The van der Waals surface area contributed by atoms with Gasteiger partial charge >= 0.3 is 0 Å². The van der Waals surface area contributed by atoms with E-state index >= 15 is 0 Å². The highest BCUT2D eigenvalue weighted by molar-refractivity contribution is 5.45. The predicted octanol–water partition coefficient (Wildman–Crippen LogP) is 3.12. The molecule has 2 heteroatoms. The first-order chi connectivity index (χ1) is 7.20. The minimum Gasteiger partial charge on any atom is -0.358 e. The fourth-order valence-corrected chi connectivity index (χ4v) is 2.94. The minimum absolute atomic E-state index is 0.545. The van der Waals surface area contributed by atoms with Crippen LogP contribution in [0.2, 0.25) is 0 Å². The largest absolute Gasteiger partial charge is 0.358 e. The lowest BCUT2D eigenvalue weighted by molar-refractivity contribution is -0.109. The lowest BCUT2D eigenvalue weighted by Gasteiger charge is -2.38. The van der Waals surface area contributed by atoms with E-state index in [0.29, 0.717) is 11.3 Å². The second kappa shape index (κ2) is 6.14. The zero-order chi connectivity index (χ0) is 11.1. The fourth-order valence-electron chi connectivity index (χ4n) is 2.94. The Hall–Kier alpha value is -0.530. The van der Waals surface area contributed by atoms with Gasteiger partial charge in [0.15, 0.2) is 0 Å². The molecule has 1 N–H and O–H groups in total. The Morgan fingerprint density at radius 2 is 2.33 bits per heavy atom. The van der Waals surface area contributed by atoms with Gasteiger partial charge in [-0.05, 0) is 37.0 Å². The van der Waals surface area contributed by atoms with Gasteiger partial charge in [-0.2, -0.15) is 0 Å². The van der Waals surface area contributed by atoms with Crippen molar-refractivity contribution in [1.29, 1.82) is 0 Å². The summed E-state index contributed by atoms with van der Waals surface area (Å²) in [6, 6.07) is 0. The SMILES string of the molecule is CCCC[C@@]1(C)CCCC(CNC=O)C1. The van der Waals surface area contributed by atoms with E-state index in [9.17, 15) is 4.79 Å². The minimum atomic E-state index is 0.545. The Labute approximate surface area is 93.8 Å². The van der Waals surface area contributed by atoms with E-state index < -0.39 is 0 Å². The van der Waals surface area contributed by atoms with E-state index in [1.807, 2.05) is 0 Å². The van der Waals surface area contributed by atoms with Crippen LogP contribution >= 0.6 is 0 Å². The summed E-state index contributed by atoms with van der Waals surface area (Å²) in [5.41, 5.74) is 0.545. The van der Waals surface area contributed by atoms with Gasteiger partial charge in [-0.1, -0.05) is 33.1 Å². The van der Waals surface area contributed by atoms with Crippen LogP contribution in [-0.2, 0) is 4.79 Å². The zero-order valence-electron chi connectivity index (χ0n) is 10.2. The summed E-state index contributed by atoms with van der Waals surface area (Å²) in [7, 11) is 0. The lowest BCUT2D eigenvalue weighted by atomic mass is 9.68. The van der Waals surface area contributed by atoms with Crippen LogP contribution < -0.4 is 5.32 Å². The maximum absolute atomic E-state index is 10.3. The summed E-state index contributed by atoms with van der Waals surface area (Å²) in [5.74, 6) is 0.714. The van der Waals surface area contributed by atoms with Crippen molar-refractivity contribution in [1.82, 2.24) is 5.32 Å². The van der Waals surface area contributed by atoms with Crippen LogP contribution in [0.15, 0.2) is 0 Å². The van der Waals surface area contributed by atoms with E-state index in [1.165, 1.54) is 44.9 Å². The monoisotopic (exact) mass is 211 g/mol. The normalized spacial score (nSPS) is 31.2. The highest BCUT2D eigenvalue weighted by atomic mass is 16.1. The molecule has 0 saturated heterocycles. The van der Waals surface area contributed by atoms with E-state index in [0.717, 1.165) is 13.0 Å². The maximum atomic E-state index is 10.3. The molecule has 0 radical (unpaired) electrons. The molecule has 0 aliphatic heterocycles. The summed E-state index contributed by atoms with van der Waals surface area (Å²) in [4.78, 5) is 10.3. The smallest absolute Gasteiger partial charge is 0.207 e. The Bertz CT molecular complexity index is 193. The van der Waals surface area contributed by atoms with Crippen LogP contribution in [0.1, 0.15) is 58.8 Å². The Morgan fingerprint density at radius 1 is 1.53 bits per heavy atom. The molecule has 1 aliphatic carbocycles. The second-order valence-electron chi connectivity index (χ2n) is 5.40. The van der Waals surface area contributed by atoms with Crippen LogP contribution in [0.3, 0.4) is 0 Å². The van der Waals surface area contributed by atoms with Crippen molar-refractivity contribution >= 4 is 6.41 Å². The van der Waals surface area contributed by atoms with Crippen LogP contribution in [0.4, 0.5) is 0 Å². The molecule has 1 rings (SSSR count). The standard InChI is InChI=1S/C13H25NO/c1-3-4-7-13(2)8-5-6-12(9-13)10-14-11-15/h11-12H,3-10H2,1-2H3,(H,14,15)/t12?,13-/m0/s1. The van der Waals surface area contributed by atoms with Crippen LogP contribution in [0.25, 0.3) is 0 Å². The maximum Gasteiger partial charge on any atom is 0.207 e. The third kappa shape index (κ3) is 4.23. The molecule has 1 saturated carbocycles. The second-order valence-corrected chi connectivity index (χ2v) is 5.40. The van der Waals surface area contributed by atoms with Crippen molar-refractivity contribution in [3.05, 3.63) is 0 Å². The van der Waals surface area contributed by atoms with Gasteiger partial charge in [0.2, 0.25) is 6.41 Å².